The number of hydrogen-bond donors (Lipinski definition) is 0. The summed E-state index contributed by atoms with van der Waals surface area (Å²) >= 11 is 0. The summed E-state index contributed by atoms with van der Waals surface area (Å²) in [6.07, 6.45) is 0. The van der Waals surface area contributed by atoms with Gasteiger partial charge in [0.2, 0.25) is 0 Å². The first-order chi connectivity index (χ1) is 0. The fraction of sp³-hybridized carbons (Fsp3) is 0. The summed E-state index contributed by atoms with van der Waals surface area (Å²) in [5.74, 6) is 0. The Labute approximate surface area is 94.8 Å². The zero-order valence-corrected chi connectivity index (χ0v) is 8.54. The molecule has 0 saturated carbocycles. The normalized spacial score (nSPS) is 0. The van der Waals surface area contributed by atoms with Crippen LogP contribution in [-0.4, -0.2) is 0 Å². The van der Waals surface area contributed by atoms with Crippen LogP contribution in [0.4, 0.5) is 0 Å². The molecule has 0 bridgehead atoms. The molecule has 0 spiro atoms. The largest absolute Gasteiger partial charge is 3.00 e. The van der Waals surface area contributed by atoms with Crippen molar-refractivity contribution in [3.05, 3.63) is 0 Å². The minimum atomic E-state index is 0. The van der Waals surface area contributed by atoms with Crippen molar-refractivity contribution in [1.82, 2.24) is 0 Å². The maximum absolute atomic E-state index is 0. The number of rotatable bonds is 0. The first kappa shape index (κ1) is 201. The molecular formula is CuO5VY-5. The van der Waals surface area contributed by atoms with E-state index in [9.17, 15) is 0 Å². The quantitative estimate of drug-likeness (QED) is 0.523. The van der Waals surface area contributed by atoms with E-state index in [4.69, 9.17) is 0 Å². The second kappa shape index (κ2) is 143. The van der Waals surface area contributed by atoms with Gasteiger partial charge in [0.1, 0.15) is 0 Å². The molecule has 0 aliphatic carbocycles. The summed E-state index contributed by atoms with van der Waals surface area (Å²) in [5.41, 5.74) is 0. The number of hydrogen-bond acceptors (Lipinski definition) is 0. The van der Waals surface area contributed by atoms with Gasteiger partial charge in [-0.05, 0) is 0 Å². The second-order valence-corrected chi connectivity index (χ2v) is 0. The van der Waals surface area contributed by atoms with Crippen molar-refractivity contribution in [2.45, 2.75) is 0 Å². The third kappa shape index (κ3) is 97.6. The molecule has 0 heterocycles. The van der Waals surface area contributed by atoms with Gasteiger partial charge in [0.25, 0.3) is 0 Å². The molecule has 0 saturated heterocycles. The molecule has 0 aromatic rings. The van der Waals surface area contributed by atoms with E-state index in [0.717, 1.165) is 0 Å². The average molecular weight is 283 g/mol. The smallest absolute Gasteiger partial charge is 2.00 e. The molecule has 0 amide bonds. The Morgan fingerprint density at radius 1 is 0.500 bits per heavy atom. The van der Waals surface area contributed by atoms with Gasteiger partial charge in [0, 0.05) is 18.6 Å². The molecule has 5 nitrogen and oxygen atoms in total. The molecule has 0 unspecified atom stereocenters. The molecule has 8 heteroatoms. The van der Waals surface area contributed by atoms with Crippen molar-refractivity contribution in [3.8, 4) is 0 Å². The van der Waals surface area contributed by atoms with Gasteiger partial charge in [0.05, 0.1) is 0 Å². The van der Waals surface area contributed by atoms with Crippen LogP contribution in [-0.2, 0) is 95.7 Å². The molecule has 0 aromatic heterocycles. The molecule has 0 aliphatic heterocycles. The molecule has 0 atom stereocenters. The van der Waals surface area contributed by atoms with Crippen molar-refractivity contribution >= 4 is 0 Å². The van der Waals surface area contributed by atoms with Crippen LogP contribution in [0.5, 0.6) is 0 Å². The summed E-state index contributed by atoms with van der Waals surface area (Å²) in [5, 5.41) is 0. The predicted molar refractivity (Wildman–Crippen MR) is 3.43 cm³/mol. The first-order valence-corrected chi connectivity index (χ1v) is 0. The Morgan fingerprint density at radius 2 is 0.500 bits per heavy atom. The summed E-state index contributed by atoms with van der Waals surface area (Å²) in [6.45, 7) is 0. The van der Waals surface area contributed by atoms with Crippen LogP contribution < -0.4 is 0 Å². The SMILES string of the molecule is [Cu+2].[O-2].[O-2].[O-2].[O-2].[O-2].[V].[Y+3]. The van der Waals surface area contributed by atoms with Crippen molar-refractivity contribution in [2.75, 3.05) is 0 Å². The van der Waals surface area contributed by atoms with Crippen LogP contribution in [0.3, 0.4) is 0 Å². The van der Waals surface area contributed by atoms with Crippen molar-refractivity contribution in [3.63, 3.8) is 0 Å². The van der Waals surface area contributed by atoms with Crippen LogP contribution in [0.1, 0.15) is 0 Å². The van der Waals surface area contributed by atoms with Crippen LogP contribution in [0.2, 0.25) is 0 Å². The molecule has 0 rings (SSSR count). The second-order valence-electron chi connectivity index (χ2n) is 0. The molecule has 0 aromatic carbocycles. The summed E-state index contributed by atoms with van der Waals surface area (Å²) in [7, 11) is 0. The van der Waals surface area contributed by atoms with E-state index in [1.807, 2.05) is 0 Å². The van der Waals surface area contributed by atoms with E-state index in [2.05, 4.69) is 0 Å². The Morgan fingerprint density at radius 3 is 0.500 bits per heavy atom. The minimum Gasteiger partial charge on any atom is -2.00 e. The fourth-order valence-corrected chi connectivity index (χ4v) is 0. The Bertz CT molecular complexity index is 12.4. The fourth-order valence-electron chi connectivity index (χ4n) is 0. The topological polar surface area (TPSA) is 142 Å². The summed E-state index contributed by atoms with van der Waals surface area (Å²) < 4.78 is 0. The Hall–Kier alpha value is 2.01. The Kier molecular flexibility index (Phi) is 3610. The standard InChI is InChI=1S/Cu.5O.V.Y/q+2;5*-2;;+3. The van der Waals surface area contributed by atoms with Crippen molar-refractivity contribution in [1.29, 1.82) is 0 Å². The van der Waals surface area contributed by atoms with Gasteiger partial charge in [-0.1, -0.05) is 0 Å². The van der Waals surface area contributed by atoms with Gasteiger partial charge in [-0.25, -0.2) is 0 Å². The van der Waals surface area contributed by atoms with Gasteiger partial charge in [0.15, 0.2) is 0 Å². The molecule has 54 valence electrons. The average Bonchev–Trinajstić information content (AvgIpc) is 0. The maximum Gasteiger partial charge on any atom is 3.00 e. The van der Waals surface area contributed by atoms with E-state index in [1.165, 1.54) is 0 Å². The van der Waals surface area contributed by atoms with Gasteiger partial charge >= 0.3 is 49.8 Å². The van der Waals surface area contributed by atoms with Crippen molar-refractivity contribution in [2.24, 2.45) is 0 Å². The van der Waals surface area contributed by atoms with E-state index in [-0.39, 0.29) is 95.7 Å². The molecule has 0 fully saturated rings. The third-order valence-corrected chi connectivity index (χ3v) is 0. The van der Waals surface area contributed by atoms with Crippen LogP contribution in [0.25, 0.3) is 0 Å². The van der Waals surface area contributed by atoms with E-state index < -0.39 is 0 Å². The van der Waals surface area contributed by atoms with Gasteiger partial charge in [-0.15, -0.1) is 0 Å². The van der Waals surface area contributed by atoms with E-state index in [0.29, 0.717) is 0 Å². The zero-order valence-electron chi connectivity index (χ0n) is 3.37. The molecule has 8 heavy (non-hydrogen) atoms. The summed E-state index contributed by atoms with van der Waals surface area (Å²) in [6, 6.07) is 0. The molecule has 0 N–H and O–H groups in total. The van der Waals surface area contributed by atoms with Crippen molar-refractivity contribution < 1.29 is 95.7 Å². The first-order valence-electron chi connectivity index (χ1n) is 0. The minimum absolute atomic E-state index is 0. The Balaban J connectivity index is 0. The maximum atomic E-state index is 0. The van der Waals surface area contributed by atoms with E-state index in [1.54, 1.807) is 0 Å². The van der Waals surface area contributed by atoms with Crippen LogP contribution >= 0.6 is 0 Å². The van der Waals surface area contributed by atoms with Crippen LogP contribution in [0.15, 0.2) is 0 Å². The third-order valence-electron chi connectivity index (χ3n) is 0. The van der Waals surface area contributed by atoms with Gasteiger partial charge in [-0.2, -0.15) is 0 Å². The summed E-state index contributed by atoms with van der Waals surface area (Å²) in [4.78, 5) is 0. The molecular weight excluding hydrogens is 283 g/mol. The molecule has 0 aliphatic rings. The zero-order chi connectivity index (χ0) is 0. The monoisotopic (exact) mass is 283 g/mol. The van der Waals surface area contributed by atoms with E-state index >= 15 is 0 Å². The molecule has 2 radical (unpaired) electrons. The predicted octanol–water partition coefficient (Wildman–Crippen LogP) is -0.601. The van der Waals surface area contributed by atoms with Crippen LogP contribution in [0, 0.1) is 0 Å². The van der Waals surface area contributed by atoms with Gasteiger partial charge in [-0.3, -0.25) is 0 Å². The van der Waals surface area contributed by atoms with Gasteiger partial charge < -0.3 is 27.4 Å².